The summed E-state index contributed by atoms with van der Waals surface area (Å²) in [7, 11) is 0. The van der Waals surface area contributed by atoms with Gasteiger partial charge in [0.1, 0.15) is 0 Å². The number of aromatic nitrogens is 1. The summed E-state index contributed by atoms with van der Waals surface area (Å²) in [5.41, 5.74) is 0.412. The third-order valence-electron chi connectivity index (χ3n) is 5.51. The quantitative estimate of drug-likeness (QED) is 0.555. The Morgan fingerprint density at radius 3 is 2.69 bits per heavy atom. The molecule has 2 aliphatic heterocycles. The van der Waals surface area contributed by atoms with E-state index in [1.807, 2.05) is 24.3 Å². The minimum atomic E-state index is -4.38. The van der Waals surface area contributed by atoms with E-state index in [-0.39, 0.29) is 6.10 Å². The molecule has 0 bridgehead atoms. The van der Waals surface area contributed by atoms with Crippen molar-refractivity contribution in [2.24, 2.45) is 0 Å². The zero-order valence-electron chi connectivity index (χ0n) is 17.4. The summed E-state index contributed by atoms with van der Waals surface area (Å²) < 4.78 is 50.8. The van der Waals surface area contributed by atoms with Crippen molar-refractivity contribution in [2.75, 3.05) is 38.7 Å². The fourth-order valence-electron chi connectivity index (χ4n) is 3.82. The molecule has 5 nitrogen and oxygen atoms in total. The summed E-state index contributed by atoms with van der Waals surface area (Å²) >= 11 is 7.36. The lowest BCUT2D eigenvalue weighted by atomic mass is 10.0. The Bertz CT molecular complexity index is 879. The fourth-order valence-corrected chi connectivity index (χ4v) is 4.76. The van der Waals surface area contributed by atoms with Crippen molar-refractivity contribution in [1.82, 2.24) is 15.2 Å². The van der Waals surface area contributed by atoms with E-state index in [9.17, 15) is 13.2 Å². The Balaban J connectivity index is 1.35. The first-order valence-corrected chi connectivity index (χ1v) is 11.8. The molecule has 0 aliphatic carbocycles. The van der Waals surface area contributed by atoms with Crippen LogP contribution in [-0.4, -0.2) is 60.4 Å². The number of hydrogen-bond acceptors (Lipinski definition) is 6. The molecule has 0 saturated carbocycles. The highest BCUT2D eigenvalue weighted by atomic mass is 35.5. The van der Waals surface area contributed by atoms with Gasteiger partial charge >= 0.3 is 6.18 Å². The Kier molecular flexibility index (Phi) is 7.64. The van der Waals surface area contributed by atoms with Gasteiger partial charge in [-0.25, -0.2) is 4.98 Å². The highest BCUT2D eigenvalue weighted by Crippen LogP contribution is 2.34. The fraction of sp³-hybridized carbons (Fsp3) is 0.500. The number of thioether (sulfide) groups is 1. The van der Waals surface area contributed by atoms with Gasteiger partial charge in [0.2, 0.25) is 0 Å². The number of nitrogens with zero attached hydrogens (tertiary/aromatic N) is 2. The third kappa shape index (κ3) is 6.36. The molecule has 0 spiro atoms. The van der Waals surface area contributed by atoms with Crippen molar-refractivity contribution in [1.29, 1.82) is 0 Å². The number of halogens is 4. The van der Waals surface area contributed by atoms with Crippen LogP contribution >= 0.6 is 23.4 Å². The number of pyridine rings is 1. The van der Waals surface area contributed by atoms with Crippen LogP contribution in [-0.2, 0) is 22.1 Å². The van der Waals surface area contributed by atoms with E-state index in [1.54, 1.807) is 0 Å². The van der Waals surface area contributed by atoms with Gasteiger partial charge in [0.25, 0.3) is 0 Å². The van der Waals surface area contributed by atoms with E-state index in [1.165, 1.54) is 17.8 Å². The lowest BCUT2D eigenvalue weighted by molar-refractivity contribution is -0.181. The van der Waals surface area contributed by atoms with Crippen LogP contribution in [0.25, 0.3) is 0 Å². The van der Waals surface area contributed by atoms with Gasteiger partial charge in [0, 0.05) is 43.2 Å². The minimum Gasteiger partial charge on any atom is -0.346 e. The lowest BCUT2D eigenvalue weighted by Gasteiger charge is -2.32. The van der Waals surface area contributed by atoms with Gasteiger partial charge in [0.15, 0.2) is 5.79 Å². The molecule has 1 N–H and O–H groups in total. The summed E-state index contributed by atoms with van der Waals surface area (Å²) in [5, 5.41) is 4.56. The Labute approximate surface area is 194 Å². The van der Waals surface area contributed by atoms with E-state index < -0.39 is 17.5 Å². The Hall–Kier alpha value is -1.36. The van der Waals surface area contributed by atoms with Crippen molar-refractivity contribution < 1.29 is 22.6 Å². The number of alkyl halides is 3. The molecule has 3 heterocycles. The number of rotatable bonds is 8. The molecule has 0 unspecified atom stereocenters. The maximum atomic E-state index is 12.7. The van der Waals surface area contributed by atoms with E-state index in [2.05, 4.69) is 15.2 Å². The molecular formula is C22H25ClF3N3O2S. The lowest BCUT2D eigenvalue weighted by Crippen LogP contribution is -2.44. The number of ether oxygens (including phenoxy) is 2. The van der Waals surface area contributed by atoms with Crippen LogP contribution in [0.5, 0.6) is 0 Å². The summed E-state index contributed by atoms with van der Waals surface area (Å²) in [6.45, 7) is 3.77. The second kappa shape index (κ2) is 10.3. The van der Waals surface area contributed by atoms with Crippen molar-refractivity contribution in [3.63, 3.8) is 0 Å². The van der Waals surface area contributed by atoms with Gasteiger partial charge in [-0.2, -0.15) is 13.2 Å². The van der Waals surface area contributed by atoms with Crippen molar-refractivity contribution in [3.8, 4) is 0 Å². The van der Waals surface area contributed by atoms with Crippen LogP contribution in [0.1, 0.15) is 17.5 Å². The first-order chi connectivity index (χ1) is 15.3. The van der Waals surface area contributed by atoms with Crippen LogP contribution in [0.15, 0.2) is 47.6 Å². The van der Waals surface area contributed by atoms with Gasteiger partial charge in [-0.1, -0.05) is 23.7 Å². The normalized spacial score (nSPS) is 24.3. The first-order valence-electron chi connectivity index (χ1n) is 10.5. The van der Waals surface area contributed by atoms with Crippen LogP contribution in [0.2, 0.25) is 5.02 Å². The van der Waals surface area contributed by atoms with Crippen molar-refractivity contribution in [3.05, 3.63) is 58.7 Å². The number of benzene rings is 1. The van der Waals surface area contributed by atoms with E-state index in [4.69, 9.17) is 21.1 Å². The molecule has 10 heteroatoms. The maximum Gasteiger partial charge on any atom is 0.417 e. The van der Waals surface area contributed by atoms with Crippen LogP contribution < -0.4 is 5.32 Å². The third-order valence-corrected chi connectivity index (χ3v) is 6.83. The smallest absolute Gasteiger partial charge is 0.346 e. The highest BCUT2D eigenvalue weighted by molar-refractivity contribution is 7.99. The topological polar surface area (TPSA) is 46.6 Å². The second-order valence-corrected chi connectivity index (χ2v) is 9.47. The van der Waals surface area contributed by atoms with Crippen molar-refractivity contribution >= 4 is 23.4 Å². The van der Waals surface area contributed by atoms with E-state index in [0.717, 1.165) is 44.0 Å². The summed E-state index contributed by atoms with van der Waals surface area (Å²) in [6, 6.07) is 10.2. The molecular weight excluding hydrogens is 463 g/mol. The van der Waals surface area contributed by atoms with Gasteiger partial charge < -0.3 is 14.8 Å². The van der Waals surface area contributed by atoms with E-state index in [0.29, 0.717) is 35.4 Å². The van der Waals surface area contributed by atoms with Crippen molar-refractivity contribution in [2.45, 2.75) is 35.9 Å². The molecule has 2 saturated heterocycles. The molecule has 174 valence electrons. The van der Waals surface area contributed by atoms with Gasteiger partial charge in [-0.05, 0) is 36.2 Å². The zero-order chi connectivity index (χ0) is 22.6. The number of hydrogen-bond donors (Lipinski definition) is 1. The molecule has 2 aliphatic rings. The molecule has 0 radical (unpaired) electrons. The molecule has 2 fully saturated rings. The van der Waals surface area contributed by atoms with Gasteiger partial charge in [0.05, 0.1) is 29.8 Å². The van der Waals surface area contributed by atoms with Crippen LogP contribution in [0.3, 0.4) is 0 Å². The minimum absolute atomic E-state index is 0.162. The Morgan fingerprint density at radius 1 is 1.22 bits per heavy atom. The summed E-state index contributed by atoms with van der Waals surface area (Å²) in [5.74, 6) is -0.163. The Morgan fingerprint density at radius 2 is 2.03 bits per heavy atom. The number of nitrogens with one attached hydrogen (secondary N) is 1. The average Bonchev–Trinajstić information content (AvgIpc) is 3.42. The predicted molar refractivity (Wildman–Crippen MR) is 118 cm³/mol. The largest absolute Gasteiger partial charge is 0.417 e. The monoisotopic (exact) mass is 487 g/mol. The number of aryl methyl sites for hydroxylation is 1. The molecule has 4 rings (SSSR count). The van der Waals surface area contributed by atoms with Crippen LogP contribution in [0, 0.1) is 0 Å². The molecule has 1 aromatic carbocycles. The molecule has 0 amide bonds. The molecule has 32 heavy (non-hydrogen) atoms. The second-order valence-electron chi connectivity index (χ2n) is 7.99. The zero-order valence-corrected chi connectivity index (χ0v) is 19.0. The molecule has 1 aromatic heterocycles. The summed E-state index contributed by atoms with van der Waals surface area (Å²) in [6.07, 6.45) is -2.19. The first kappa shape index (κ1) is 23.8. The predicted octanol–water partition coefficient (Wildman–Crippen LogP) is 4.45. The van der Waals surface area contributed by atoms with Gasteiger partial charge in [-0.3, -0.25) is 4.90 Å². The molecule has 2 aromatic rings. The highest BCUT2D eigenvalue weighted by Gasteiger charge is 2.43. The standard InChI is InChI=1S/C22H25ClF3N3O2S/c23-18-4-1-16(2-5-18)7-8-21(14-29-10-9-27-15-29)30-12-19(31-21)13-32-20-6-3-17(11-28-20)22(24,25)26/h1-6,11,19,27H,7-10,12-15H2/t19-,21+/m0/s1. The average molecular weight is 488 g/mol. The van der Waals surface area contributed by atoms with E-state index >= 15 is 0 Å². The van der Waals surface area contributed by atoms with Crippen LogP contribution in [0.4, 0.5) is 13.2 Å². The summed E-state index contributed by atoms with van der Waals surface area (Å²) in [4.78, 5) is 6.20. The SMILES string of the molecule is FC(F)(F)c1ccc(SC[C@@H]2CO[C@@](CCc3ccc(Cl)cc3)(CN3CCNC3)O2)nc1. The van der Waals surface area contributed by atoms with Gasteiger partial charge in [-0.15, -0.1) is 11.8 Å². The maximum absolute atomic E-state index is 12.7. The molecule has 2 atom stereocenters.